The van der Waals surface area contributed by atoms with E-state index in [0.29, 0.717) is 18.5 Å². The quantitative estimate of drug-likeness (QED) is 0.650. The van der Waals surface area contributed by atoms with Crippen molar-refractivity contribution in [3.05, 3.63) is 23.9 Å². The van der Waals surface area contributed by atoms with Gasteiger partial charge in [0.2, 0.25) is 5.91 Å². The molecule has 19 heavy (non-hydrogen) atoms. The molecule has 0 radical (unpaired) electrons. The Morgan fingerprint density at radius 3 is 3.00 bits per heavy atom. The first kappa shape index (κ1) is 12.0. The van der Waals surface area contributed by atoms with Crippen LogP contribution in [-0.2, 0) is 11.8 Å². The van der Waals surface area contributed by atoms with Crippen LogP contribution in [0, 0.1) is 0 Å². The number of nitrogens with one attached hydrogen (secondary N) is 1. The number of aliphatic hydroxyl groups is 1. The number of amides is 1. The number of anilines is 1. The molecule has 0 aliphatic carbocycles. The van der Waals surface area contributed by atoms with Gasteiger partial charge in [-0.15, -0.1) is 0 Å². The van der Waals surface area contributed by atoms with Gasteiger partial charge in [0.05, 0.1) is 17.1 Å². The van der Waals surface area contributed by atoms with Crippen LogP contribution < -0.4 is 11.1 Å². The van der Waals surface area contributed by atoms with E-state index < -0.39 is 6.23 Å². The van der Waals surface area contributed by atoms with Crippen molar-refractivity contribution in [1.29, 1.82) is 0 Å². The SMILES string of the molecule is Cn1nc(C2CCC(O)NC2=O)c2cc(N)ccc21. The molecule has 0 bridgehead atoms. The number of rotatable bonds is 1. The van der Waals surface area contributed by atoms with Crippen molar-refractivity contribution in [2.24, 2.45) is 7.05 Å². The number of aromatic nitrogens is 2. The fourth-order valence-corrected chi connectivity index (χ4v) is 2.62. The standard InChI is InChI=1S/C13H16N4O2/c1-17-10-4-2-7(14)6-9(10)12(16-17)8-3-5-11(18)15-13(8)19/h2,4,6,8,11,18H,3,5,14H2,1H3,(H,15,19). The van der Waals surface area contributed by atoms with Gasteiger partial charge in [-0.05, 0) is 31.0 Å². The Hall–Kier alpha value is -2.08. The van der Waals surface area contributed by atoms with Crippen LogP contribution in [0.25, 0.3) is 10.9 Å². The number of piperidine rings is 1. The topological polar surface area (TPSA) is 93.2 Å². The van der Waals surface area contributed by atoms with Crippen molar-refractivity contribution in [1.82, 2.24) is 15.1 Å². The number of hydrogen-bond acceptors (Lipinski definition) is 4. The zero-order chi connectivity index (χ0) is 13.6. The fourth-order valence-electron chi connectivity index (χ4n) is 2.62. The van der Waals surface area contributed by atoms with Gasteiger partial charge in [-0.3, -0.25) is 9.48 Å². The maximum Gasteiger partial charge on any atom is 0.231 e. The third-order valence-corrected chi connectivity index (χ3v) is 3.59. The number of benzene rings is 1. The van der Waals surface area contributed by atoms with E-state index in [9.17, 15) is 9.90 Å². The average molecular weight is 260 g/mol. The van der Waals surface area contributed by atoms with Gasteiger partial charge >= 0.3 is 0 Å². The number of fused-ring (bicyclic) bond motifs is 1. The van der Waals surface area contributed by atoms with Gasteiger partial charge < -0.3 is 16.2 Å². The van der Waals surface area contributed by atoms with Gasteiger partial charge in [0.25, 0.3) is 0 Å². The minimum absolute atomic E-state index is 0.179. The second-order valence-corrected chi connectivity index (χ2v) is 4.94. The smallest absolute Gasteiger partial charge is 0.231 e. The number of carbonyl (C=O) groups is 1. The molecule has 0 spiro atoms. The van der Waals surface area contributed by atoms with Gasteiger partial charge in [0.15, 0.2) is 0 Å². The number of hydrogen-bond donors (Lipinski definition) is 3. The zero-order valence-electron chi connectivity index (χ0n) is 10.6. The summed E-state index contributed by atoms with van der Waals surface area (Å²) in [6.07, 6.45) is 0.383. The molecule has 100 valence electrons. The highest BCUT2D eigenvalue weighted by molar-refractivity contribution is 5.92. The van der Waals surface area contributed by atoms with E-state index in [0.717, 1.165) is 16.6 Å². The molecule has 2 aromatic rings. The first-order valence-electron chi connectivity index (χ1n) is 6.27. The average Bonchev–Trinajstić information content (AvgIpc) is 2.66. The van der Waals surface area contributed by atoms with Crippen molar-refractivity contribution < 1.29 is 9.90 Å². The van der Waals surface area contributed by atoms with Gasteiger partial charge in [-0.2, -0.15) is 5.10 Å². The van der Waals surface area contributed by atoms with E-state index >= 15 is 0 Å². The summed E-state index contributed by atoms with van der Waals surface area (Å²) >= 11 is 0. The van der Waals surface area contributed by atoms with Crippen LogP contribution in [0.4, 0.5) is 5.69 Å². The number of nitrogens with zero attached hydrogens (tertiary/aromatic N) is 2. The first-order chi connectivity index (χ1) is 9.06. The van der Waals surface area contributed by atoms with E-state index in [2.05, 4.69) is 10.4 Å². The second-order valence-electron chi connectivity index (χ2n) is 4.94. The molecule has 2 unspecified atom stereocenters. The Bertz CT molecular complexity index is 649. The summed E-state index contributed by atoms with van der Waals surface area (Å²) in [5.74, 6) is -0.505. The van der Waals surface area contributed by atoms with Crippen LogP contribution >= 0.6 is 0 Å². The van der Waals surface area contributed by atoms with Crippen molar-refractivity contribution in [2.45, 2.75) is 25.0 Å². The summed E-state index contributed by atoms with van der Waals surface area (Å²) < 4.78 is 1.75. The van der Waals surface area contributed by atoms with Gasteiger partial charge in [-0.1, -0.05) is 0 Å². The van der Waals surface area contributed by atoms with E-state index in [1.54, 1.807) is 4.68 Å². The van der Waals surface area contributed by atoms with E-state index in [-0.39, 0.29) is 11.8 Å². The normalized spacial score (nSPS) is 23.6. The van der Waals surface area contributed by atoms with E-state index in [1.165, 1.54) is 0 Å². The maximum absolute atomic E-state index is 12.0. The van der Waals surface area contributed by atoms with Crippen LogP contribution in [0.5, 0.6) is 0 Å². The molecule has 6 heteroatoms. The van der Waals surface area contributed by atoms with Crippen LogP contribution in [-0.4, -0.2) is 27.0 Å². The Labute approximate surface area is 110 Å². The minimum atomic E-state index is -0.746. The Morgan fingerprint density at radius 1 is 1.47 bits per heavy atom. The number of nitrogen functional groups attached to an aromatic ring is 1. The lowest BCUT2D eigenvalue weighted by atomic mass is 9.92. The molecule has 4 N–H and O–H groups in total. The molecule has 2 heterocycles. The summed E-state index contributed by atoms with van der Waals surface area (Å²) in [4.78, 5) is 12.0. The molecule has 1 aliphatic heterocycles. The molecule has 1 aliphatic rings. The van der Waals surface area contributed by atoms with Gasteiger partial charge in [0.1, 0.15) is 6.23 Å². The van der Waals surface area contributed by atoms with Crippen LogP contribution in [0.2, 0.25) is 0 Å². The van der Waals surface area contributed by atoms with Crippen molar-refractivity contribution in [3.8, 4) is 0 Å². The fraction of sp³-hybridized carbons (Fsp3) is 0.385. The highest BCUT2D eigenvalue weighted by atomic mass is 16.3. The molecule has 6 nitrogen and oxygen atoms in total. The van der Waals surface area contributed by atoms with Gasteiger partial charge in [0, 0.05) is 18.1 Å². The minimum Gasteiger partial charge on any atom is -0.399 e. The molecule has 1 amide bonds. The molecule has 1 aromatic heterocycles. The molecule has 1 saturated heterocycles. The Morgan fingerprint density at radius 2 is 2.26 bits per heavy atom. The lowest BCUT2D eigenvalue weighted by Crippen LogP contribution is -2.42. The van der Waals surface area contributed by atoms with Crippen LogP contribution in [0.1, 0.15) is 24.5 Å². The third-order valence-electron chi connectivity index (χ3n) is 3.59. The summed E-state index contributed by atoms with van der Waals surface area (Å²) in [5, 5.41) is 17.3. The largest absolute Gasteiger partial charge is 0.399 e. The van der Waals surface area contributed by atoms with E-state index in [1.807, 2.05) is 25.2 Å². The predicted octanol–water partition coefficient (Wildman–Crippen LogP) is 0.467. The summed E-state index contributed by atoms with van der Waals surface area (Å²) in [5.41, 5.74) is 8.14. The molecule has 3 rings (SSSR count). The van der Waals surface area contributed by atoms with E-state index in [4.69, 9.17) is 5.73 Å². The molecule has 1 fully saturated rings. The lowest BCUT2D eigenvalue weighted by molar-refractivity contribution is -0.128. The monoisotopic (exact) mass is 260 g/mol. The summed E-state index contributed by atoms with van der Waals surface area (Å²) in [7, 11) is 1.84. The third kappa shape index (κ3) is 1.94. The lowest BCUT2D eigenvalue weighted by Gasteiger charge is -2.24. The Balaban J connectivity index is 2.10. The first-order valence-corrected chi connectivity index (χ1v) is 6.27. The number of aliphatic hydroxyl groups excluding tert-OH is 1. The summed E-state index contributed by atoms with van der Waals surface area (Å²) in [6.45, 7) is 0. The zero-order valence-corrected chi connectivity index (χ0v) is 10.6. The number of aryl methyl sites for hydroxylation is 1. The van der Waals surface area contributed by atoms with Crippen molar-refractivity contribution in [2.75, 3.05) is 5.73 Å². The second kappa shape index (κ2) is 4.24. The molecule has 1 aromatic carbocycles. The molecule has 0 saturated carbocycles. The predicted molar refractivity (Wildman–Crippen MR) is 71.3 cm³/mol. The van der Waals surface area contributed by atoms with Crippen LogP contribution in [0.3, 0.4) is 0 Å². The molecular weight excluding hydrogens is 244 g/mol. The molecular formula is C13H16N4O2. The maximum atomic E-state index is 12.0. The molecule has 2 atom stereocenters. The number of nitrogens with two attached hydrogens (primary N) is 1. The van der Waals surface area contributed by atoms with Crippen LogP contribution in [0.15, 0.2) is 18.2 Å². The van der Waals surface area contributed by atoms with Gasteiger partial charge in [-0.25, -0.2) is 0 Å². The highest BCUT2D eigenvalue weighted by Gasteiger charge is 2.31. The van der Waals surface area contributed by atoms with Crippen molar-refractivity contribution >= 4 is 22.5 Å². The highest BCUT2D eigenvalue weighted by Crippen LogP contribution is 2.31. The Kier molecular flexibility index (Phi) is 2.67. The summed E-state index contributed by atoms with van der Waals surface area (Å²) in [6, 6.07) is 5.56. The number of carbonyl (C=O) groups excluding carboxylic acids is 1. The van der Waals surface area contributed by atoms with Crippen molar-refractivity contribution in [3.63, 3.8) is 0 Å².